The van der Waals surface area contributed by atoms with E-state index in [1.165, 1.54) is 77.3 Å². The number of ketones is 2. The SMILES string of the molecule is CCCCCCCCCCCCCC(=O)C(O[C@H]1C[C@H](n2cc(C)c(=O)[nH]c2=O)O[C@@H]1COP(=O)(O)OP(=O)(O)O)(C(=O)CCCCCCCCCCCCC)C(O)CO. The van der Waals surface area contributed by atoms with Gasteiger partial charge in [0, 0.05) is 31.0 Å². The number of ether oxygens (including phenoxy) is 2. The number of rotatable bonds is 36. The summed E-state index contributed by atoms with van der Waals surface area (Å²) in [5.74, 6) is -1.54. The Morgan fingerprint density at radius 3 is 1.65 bits per heavy atom. The maximum atomic E-state index is 14.3. The number of hydrogen-bond acceptors (Lipinski definition) is 12. The van der Waals surface area contributed by atoms with Crippen molar-refractivity contribution in [3.63, 3.8) is 0 Å². The number of phosphoric ester groups is 1. The second-order valence-electron chi connectivity index (χ2n) is 16.2. The number of carbonyl (C=O) groups is 2. The second-order valence-corrected chi connectivity index (χ2v) is 19.0. The lowest BCUT2D eigenvalue weighted by molar-refractivity contribution is -0.193. The van der Waals surface area contributed by atoms with Gasteiger partial charge >= 0.3 is 21.3 Å². The summed E-state index contributed by atoms with van der Waals surface area (Å²) in [5.41, 5.74) is -4.04. The predicted molar refractivity (Wildman–Crippen MR) is 226 cm³/mol. The molecule has 0 aromatic carbocycles. The average molecular weight is 897 g/mol. The third-order valence-corrected chi connectivity index (χ3v) is 13.2. The van der Waals surface area contributed by atoms with Crippen LogP contribution in [0.5, 0.6) is 0 Å². The summed E-state index contributed by atoms with van der Waals surface area (Å²) in [6, 6.07) is 0. The van der Waals surface area contributed by atoms with Gasteiger partial charge in [-0.3, -0.25) is 28.5 Å². The molecule has 60 heavy (non-hydrogen) atoms. The Bertz CT molecular complexity index is 1570. The number of phosphoric acid groups is 2. The van der Waals surface area contributed by atoms with E-state index in [4.69, 9.17) is 23.8 Å². The largest absolute Gasteiger partial charge is 0.481 e. The average Bonchev–Trinajstić information content (AvgIpc) is 3.59. The van der Waals surface area contributed by atoms with Crippen LogP contribution in [0.25, 0.3) is 0 Å². The summed E-state index contributed by atoms with van der Waals surface area (Å²) in [7, 11) is -10.9. The maximum Gasteiger partial charge on any atom is 0.481 e. The number of unbranched alkanes of at least 4 members (excludes halogenated alkanes) is 20. The van der Waals surface area contributed by atoms with Gasteiger partial charge in [0.25, 0.3) is 5.56 Å². The third kappa shape index (κ3) is 19.7. The van der Waals surface area contributed by atoms with E-state index in [-0.39, 0.29) is 24.8 Å². The van der Waals surface area contributed by atoms with Gasteiger partial charge in [-0.05, 0) is 19.8 Å². The third-order valence-electron chi connectivity index (χ3n) is 11.1. The van der Waals surface area contributed by atoms with Crippen LogP contribution in [0.1, 0.15) is 186 Å². The van der Waals surface area contributed by atoms with Gasteiger partial charge < -0.3 is 34.4 Å². The number of aromatic amines is 1. The molecule has 0 aliphatic carbocycles. The van der Waals surface area contributed by atoms with Crippen LogP contribution in [0.3, 0.4) is 0 Å². The summed E-state index contributed by atoms with van der Waals surface area (Å²) >= 11 is 0. The molecular formula is C41H74N2O15P2. The predicted octanol–water partition coefficient (Wildman–Crippen LogP) is 7.38. The van der Waals surface area contributed by atoms with Crippen LogP contribution < -0.4 is 11.2 Å². The van der Waals surface area contributed by atoms with E-state index in [1.54, 1.807) is 0 Å². The lowest BCUT2D eigenvalue weighted by Gasteiger charge is -2.38. The number of aryl methyl sites for hydroxylation is 1. The Hall–Kier alpha value is -1.88. The fourth-order valence-electron chi connectivity index (χ4n) is 7.65. The van der Waals surface area contributed by atoms with Gasteiger partial charge in [-0.1, -0.05) is 142 Å². The lowest BCUT2D eigenvalue weighted by Crippen LogP contribution is -2.61. The molecule has 0 amide bonds. The Morgan fingerprint density at radius 1 is 0.800 bits per heavy atom. The van der Waals surface area contributed by atoms with E-state index in [9.17, 15) is 43.4 Å². The first kappa shape index (κ1) is 54.3. The molecule has 6 N–H and O–H groups in total. The van der Waals surface area contributed by atoms with Crippen molar-refractivity contribution < 1.29 is 61.9 Å². The molecule has 348 valence electrons. The van der Waals surface area contributed by atoms with Gasteiger partial charge in [-0.2, -0.15) is 4.31 Å². The molecule has 1 aliphatic heterocycles. The summed E-state index contributed by atoms with van der Waals surface area (Å²) in [5, 5.41) is 21.8. The maximum absolute atomic E-state index is 14.3. The molecule has 1 saturated heterocycles. The van der Waals surface area contributed by atoms with Crippen molar-refractivity contribution in [3.05, 3.63) is 32.6 Å². The highest BCUT2D eigenvalue weighted by atomic mass is 31.3. The van der Waals surface area contributed by atoms with Crippen molar-refractivity contribution in [2.45, 2.75) is 211 Å². The number of carbonyl (C=O) groups excluding carboxylic acids is 2. The normalized spacial score (nSPS) is 18.8. The Balaban J connectivity index is 2.33. The topological polar surface area (TPSA) is 261 Å². The second kappa shape index (κ2) is 28.7. The van der Waals surface area contributed by atoms with Crippen LogP contribution in [0, 0.1) is 6.92 Å². The van der Waals surface area contributed by atoms with Crippen LogP contribution in [0.4, 0.5) is 0 Å². The number of aromatic nitrogens is 2. The fraction of sp³-hybridized carbons (Fsp3) is 0.854. The molecule has 0 radical (unpaired) electrons. The molecule has 19 heteroatoms. The highest BCUT2D eigenvalue weighted by Gasteiger charge is 2.55. The first-order chi connectivity index (χ1) is 28.5. The zero-order valence-electron chi connectivity index (χ0n) is 36.1. The van der Waals surface area contributed by atoms with Gasteiger partial charge in [-0.25, -0.2) is 13.9 Å². The molecule has 17 nitrogen and oxygen atoms in total. The van der Waals surface area contributed by atoms with E-state index in [2.05, 4.69) is 23.1 Å². The molecule has 1 aromatic rings. The van der Waals surface area contributed by atoms with E-state index in [0.29, 0.717) is 25.7 Å². The zero-order chi connectivity index (χ0) is 44.6. The summed E-state index contributed by atoms with van der Waals surface area (Å²) in [6.07, 6.45) is 16.5. The first-order valence-electron chi connectivity index (χ1n) is 22.3. The summed E-state index contributed by atoms with van der Waals surface area (Å²) in [4.78, 5) is 84.1. The minimum absolute atomic E-state index is 0.125. The zero-order valence-corrected chi connectivity index (χ0v) is 37.9. The minimum atomic E-state index is -5.51. The Kier molecular flexibility index (Phi) is 26.0. The quantitative estimate of drug-likeness (QED) is 0.0218. The number of nitrogens with zero attached hydrogens (tertiary/aromatic N) is 1. The number of hydrogen-bond donors (Lipinski definition) is 6. The number of aliphatic hydroxyl groups is 2. The highest BCUT2D eigenvalue weighted by Crippen LogP contribution is 2.57. The van der Waals surface area contributed by atoms with Gasteiger partial charge in [0.2, 0.25) is 5.60 Å². The van der Waals surface area contributed by atoms with Gasteiger partial charge in [0.05, 0.1) is 19.3 Å². The molecule has 0 bridgehead atoms. The van der Waals surface area contributed by atoms with Crippen molar-refractivity contribution in [1.82, 2.24) is 9.55 Å². The van der Waals surface area contributed by atoms with Crippen LogP contribution in [0.15, 0.2) is 15.8 Å². The van der Waals surface area contributed by atoms with Crippen LogP contribution in [0.2, 0.25) is 0 Å². The van der Waals surface area contributed by atoms with Crippen LogP contribution in [-0.4, -0.2) is 83.1 Å². The molecule has 5 atom stereocenters. The van der Waals surface area contributed by atoms with Crippen LogP contribution in [-0.2, 0) is 37.0 Å². The number of nitrogens with one attached hydrogen (secondary N) is 1. The Morgan fingerprint density at radius 2 is 1.23 bits per heavy atom. The van der Waals surface area contributed by atoms with E-state index >= 15 is 0 Å². The van der Waals surface area contributed by atoms with Crippen LogP contribution >= 0.6 is 15.6 Å². The minimum Gasteiger partial charge on any atom is -0.394 e. The number of H-pyrrole nitrogens is 1. The molecule has 0 spiro atoms. The van der Waals surface area contributed by atoms with Crippen molar-refractivity contribution in [1.29, 1.82) is 0 Å². The summed E-state index contributed by atoms with van der Waals surface area (Å²) in [6.45, 7) is 3.80. The number of Topliss-reactive ketones (excluding diaryl/α,β-unsaturated/α-hetero) is 2. The molecule has 2 heterocycles. The molecule has 2 unspecified atom stereocenters. The van der Waals surface area contributed by atoms with E-state index in [0.717, 1.165) is 55.9 Å². The lowest BCUT2D eigenvalue weighted by atomic mass is 9.81. The highest BCUT2D eigenvalue weighted by molar-refractivity contribution is 7.60. The number of aliphatic hydroxyl groups excluding tert-OH is 2. The fourth-order valence-corrected chi connectivity index (χ4v) is 9.25. The van der Waals surface area contributed by atoms with E-state index < -0.39 is 81.8 Å². The van der Waals surface area contributed by atoms with Gasteiger partial charge in [0.1, 0.15) is 18.4 Å². The van der Waals surface area contributed by atoms with Crippen molar-refractivity contribution in [2.75, 3.05) is 13.2 Å². The van der Waals surface area contributed by atoms with Crippen molar-refractivity contribution >= 4 is 27.2 Å². The Labute approximate surface area is 355 Å². The molecule has 2 rings (SSSR count). The van der Waals surface area contributed by atoms with Gasteiger partial charge in [-0.15, -0.1) is 0 Å². The molecule has 1 aromatic heterocycles. The molecular weight excluding hydrogens is 822 g/mol. The first-order valence-corrected chi connectivity index (χ1v) is 25.3. The van der Waals surface area contributed by atoms with Crippen molar-refractivity contribution in [3.8, 4) is 0 Å². The monoisotopic (exact) mass is 896 g/mol. The van der Waals surface area contributed by atoms with Gasteiger partial charge in [0.15, 0.2) is 11.6 Å². The summed E-state index contributed by atoms with van der Waals surface area (Å²) < 4.78 is 45.8. The smallest absolute Gasteiger partial charge is 0.394 e. The molecule has 0 saturated carbocycles. The standard InChI is InChI=1S/C41H74N2O15P2/c1-4-6-8-10-12-14-16-18-20-22-24-26-35(45)41(37(47)30-44,36(46)27-25-23-21-19-17-15-13-11-9-7-5-2)57-33-28-38(43-29-32(3)39(48)42-40(43)49)56-34(33)31-55-60(53,54)58-59(50,51)52/h29,33-34,37-38,44,47H,4-28,30-31H2,1-3H3,(H,53,54)(H,42,48,49)(H2,50,51,52)/t33-,34+,37?,38+/m0/s1. The van der Waals surface area contributed by atoms with E-state index in [1.807, 2.05) is 0 Å². The molecule has 1 fully saturated rings. The van der Waals surface area contributed by atoms with Crippen molar-refractivity contribution in [2.24, 2.45) is 0 Å². The molecule has 1 aliphatic rings.